The lowest BCUT2D eigenvalue weighted by atomic mass is 10.0. The van der Waals surface area contributed by atoms with Crippen molar-refractivity contribution in [1.82, 2.24) is 25.2 Å². The molecule has 1 fully saturated rings. The molecule has 0 bridgehead atoms. The fraction of sp³-hybridized carbons (Fsp3) is 0.385. The molecule has 2 aromatic heterocycles. The summed E-state index contributed by atoms with van der Waals surface area (Å²) in [5, 5.41) is 14.0. The van der Waals surface area contributed by atoms with Gasteiger partial charge in [-0.25, -0.2) is 4.68 Å². The van der Waals surface area contributed by atoms with Gasteiger partial charge in [-0.1, -0.05) is 31.0 Å². The minimum Gasteiger partial charge on any atom is -0.357 e. The Kier molecular flexibility index (Phi) is 4.78. The molecule has 168 valence electrons. The number of aryl methyl sites for hydroxylation is 2. The molecule has 1 atom stereocenters. The van der Waals surface area contributed by atoms with E-state index in [1.54, 1.807) is 0 Å². The van der Waals surface area contributed by atoms with Crippen LogP contribution in [-0.4, -0.2) is 31.7 Å². The van der Waals surface area contributed by atoms with Gasteiger partial charge in [0.15, 0.2) is 5.82 Å². The number of aromatic nitrogens is 5. The van der Waals surface area contributed by atoms with Crippen LogP contribution in [0.15, 0.2) is 47.3 Å². The maximum atomic E-state index is 13.5. The first-order valence-electron chi connectivity index (χ1n) is 11.9. The number of nitrogens with one attached hydrogen (secondary N) is 1. The van der Waals surface area contributed by atoms with Crippen molar-refractivity contribution < 1.29 is 0 Å². The van der Waals surface area contributed by atoms with E-state index < -0.39 is 0 Å². The molecule has 0 unspecified atom stereocenters. The standard InChI is InChI=1S/C26H28N6O/c1-16-13-19-15-21(26(33)27-22(19)14-17(16)2)24(31-12-11-18-7-3-6-10-23(18)31)25-28-29-30-32(25)20-8-4-5-9-20/h3,6-7,10,13-15,20,24H,4-5,8-9,11-12H2,1-2H3,(H,27,33)/t24-/m1/s1. The van der Waals surface area contributed by atoms with Crippen LogP contribution < -0.4 is 10.5 Å². The third kappa shape index (κ3) is 3.34. The first kappa shape index (κ1) is 20.1. The zero-order valence-corrected chi connectivity index (χ0v) is 19.1. The smallest absolute Gasteiger partial charge is 0.254 e. The van der Waals surface area contributed by atoms with Gasteiger partial charge < -0.3 is 9.88 Å². The first-order valence-corrected chi connectivity index (χ1v) is 11.9. The summed E-state index contributed by atoms with van der Waals surface area (Å²) in [6.07, 6.45) is 5.48. The molecule has 0 amide bonds. The number of rotatable bonds is 4. The van der Waals surface area contributed by atoms with E-state index in [-0.39, 0.29) is 11.6 Å². The molecule has 4 aromatic rings. The van der Waals surface area contributed by atoms with Gasteiger partial charge in [0.1, 0.15) is 6.04 Å². The van der Waals surface area contributed by atoms with Crippen LogP contribution in [0.2, 0.25) is 0 Å². The van der Waals surface area contributed by atoms with Crippen LogP contribution in [0, 0.1) is 13.8 Å². The minimum absolute atomic E-state index is 0.0823. The third-order valence-electron chi connectivity index (χ3n) is 7.45. The molecule has 2 aliphatic rings. The van der Waals surface area contributed by atoms with Gasteiger partial charge in [0.2, 0.25) is 0 Å². The van der Waals surface area contributed by atoms with Crippen molar-refractivity contribution in [1.29, 1.82) is 0 Å². The van der Waals surface area contributed by atoms with E-state index in [0.717, 1.165) is 48.2 Å². The van der Waals surface area contributed by atoms with Gasteiger partial charge in [-0.3, -0.25) is 4.79 Å². The number of hydrogen-bond acceptors (Lipinski definition) is 5. The van der Waals surface area contributed by atoms with Gasteiger partial charge >= 0.3 is 0 Å². The summed E-state index contributed by atoms with van der Waals surface area (Å²) in [6, 6.07) is 14.6. The number of fused-ring (bicyclic) bond motifs is 2. The predicted octanol–water partition coefficient (Wildman–Crippen LogP) is 4.40. The van der Waals surface area contributed by atoms with Gasteiger partial charge in [-0.15, -0.1) is 5.10 Å². The molecule has 0 saturated heterocycles. The summed E-state index contributed by atoms with van der Waals surface area (Å²) >= 11 is 0. The number of aromatic amines is 1. The fourth-order valence-corrected chi connectivity index (χ4v) is 5.56. The van der Waals surface area contributed by atoms with Crippen LogP contribution in [0.5, 0.6) is 0 Å². The van der Waals surface area contributed by atoms with Crippen molar-refractivity contribution in [3.05, 3.63) is 80.9 Å². The molecule has 33 heavy (non-hydrogen) atoms. The predicted molar refractivity (Wildman–Crippen MR) is 129 cm³/mol. The Hall–Kier alpha value is -3.48. The number of H-pyrrole nitrogens is 1. The maximum Gasteiger partial charge on any atom is 0.254 e. The van der Waals surface area contributed by atoms with Crippen LogP contribution in [0.1, 0.15) is 65.8 Å². The number of hydrogen-bond donors (Lipinski definition) is 1. The quantitative estimate of drug-likeness (QED) is 0.509. The highest BCUT2D eigenvalue weighted by atomic mass is 16.1. The van der Waals surface area contributed by atoms with Crippen LogP contribution in [0.3, 0.4) is 0 Å². The summed E-state index contributed by atoms with van der Waals surface area (Å²) in [7, 11) is 0. The van der Waals surface area contributed by atoms with Gasteiger partial charge in [0, 0.05) is 23.3 Å². The summed E-state index contributed by atoms with van der Waals surface area (Å²) < 4.78 is 1.99. The summed E-state index contributed by atoms with van der Waals surface area (Å²) in [4.78, 5) is 19.0. The molecule has 1 N–H and O–H groups in total. The van der Waals surface area contributed by atoms with Crippen LogP contribution >= 0.6 is 0 Å². The van der Waals surface area contributed by atoms with Crippen LogP contribution in [-0.2, 0) is 6.42 Å². The van der Waals surface area contributed by atoms with E-state index in [2.05, 4.69) is 75.7 Å². The summed E-state index contributed by atoms with van der Waals surface area (Å²) in [6.45, 7) is 5.00. The second kappa shape index (κ2) is 7.83. The van der Waals surface area contributed by atoms with Crippen LogP contribution in [0.4, 0.5) is 5.69 Å². The maximum absolute atomic E-state index is 13.5. The molecule has 6 rings (SSSR count). The molecule has 1 saturated carbocycles. The summed E-state index contributed by atoms with van der Waals surface area (Å²) in [5.41, 5.74) is 6.30. The Labute approximate surface area is 192 Å². The molecule has 3 heterocycles. The molecule has 0 radical (unpaired) electrons. The fourth-order valence-electron chi connectivity index (χ4n) is 5.56. The van der Waals surface area contributed by atoms with Gasteiger partial charge in [-0.2, -0.15) is 0 Å². The van der Waals surface area contributed by atoms with Crippen molar-refractivity contribution in [3.63, 3.8) is 0 Å². The average Bonchev–Trinajstić information content (AvgIpc) is 3.57. The van der Waals surface area contributed by atoms with Gasteiger partial charge in [0.05, 0.1) is 6.04 Å². The highest BCUT2D eigenvalue weighted by molar-refractivity contribution is 5.81. The lowest BCUT2D eigenvalue weighted by molar-refractivity contribution is 0.428. The Balaban J connectivity index is 1.56. The van der Waals surface area contributed by atoms with Crippen molar-refractivity contribution in [2.75, 3.05) is 11.4 Å². The van der Waals surface area contributed by atoms with E-state index in [1.807, 2.05) is 10.7 Å². The average molecular weight is 441 g/mol. The van der Waals surface area contributed by atoms with Crippen molar-refractivity contribution >= 4 is 16.6 Å². The Morgan fingerprint density at radius 2 is 1.85 bits per heavy atom. The molecule has 0 spiro atoms. The second-order valence-corrected chi connectivity index (χ2v) is 9.47. The van der Waals surface area contributed by atoms with Gasteiger partial charge in [0.25, 0.3) is 5.56 Å². The van der Waals surface area contributed by atoms with E-state index in [1.165, 1.54) is 29.5 Å². The number of para-hydroxylation sites is 1. The minimum atomic E-state index is -0.348. The highest BCUT2D eigenvalue weighted by Gasteiger charge is 2.36. The molecule has 1 aliphatic heterocycles. The second-order valence-electron chi connectivity index (χ2n) is 9.47. The largest absolute Gasteiger partial charge is 0.357 e. The molecular formula is C26H28N6O. The summed E-state index contributed by atoms with van der Waals surface area (Å²) in [5.74, 6) is 0.757. The SMILES string of the molecule is Cc1cc2cc([C@H](c3nnnn3C3CCCC3)N3CCc4ccccc43)c(=O)[nH]c2cc1C. The van der Waals surface area contributed by atoms with E-state index >= 15 is 0 Å². The molecule has 7 nitrogen and oxygen atoms in total. The normalized spacial score (nSPS) is 17.1. The lowest BCUT2D eigenvalue weighted by Gasteiger charge is -2.30. The zero-order valence-electron chi connectivity index (χ0n) is 19.1. The number of pyridine rings is 1. The number of anilines is 1. The number of nitrogens with zero attached hydrogens (tertiary/aromatic N) is 5. The Morgan fingerprint density at radius 1 is 1.06 bits per heavy atom. The third-order valence-corrected chi connectivity index (χ3v) is 7.45. The first-order chi connectivity index (χ1) is 16.1. The molecule has 2 aromatic carbocycles. The zero-order chi connectivity index (χ0) is 22.5. The van der Waals surface area contributed by atoms with E-state index in [0.29, 0.717) is 11.6 Å². The van der Waals surface area contributed by atoms with E-state index in [9.17, 15) is 4.79 Å². The van der Waals surface area contributed by atoms with Crippen molar-refractivity contribution in [2.24, 2.45) is 0 Å². The van der Waals surface area contributed by atoms with Crippen LogP contribution in [0.25, 0.3) is 10.9 Å². The van der Waals surface area contributed by atoms with E-state index in [4.69, 9.17) is 0 Å². The monoisotopic (exact) mass is 440 g/mol. The van der Waals surface area contributed by atoms with Gasteiger partial charge in [-0.05, 0) is 89.9 Å². The van der Waals surface area contributed by atoms with Crippen molar-refractivity contribution in [2.45, 2.75) is 58.0 Å². The highest BCUT2D eigenvalue weighted by Crippen LogP contribution is 2.39. The Morgan fingerprint density at radius 3 is 2.70 bits per heavy atom. The lowest BCUT2D eigenvalue weighted by Crippen LogP contribution is -2.34. The number of benzene rings is 2. The molecular weight excluding hydrogens is 412 g/mol. The molecule has 7 heteroatoms. The number of tetrazole rings is 1. The van der Waals surface area contributed by atoms with Crippen molar-refractivity contribution in [3.8, 4) is 0 Å². The topological polar surface area (TPSA) is 79.7 Å². The molecule has 1 aliphatic carbocycles. The Bertz CT molecular complexity index is 1400.